The second-order valence-electron chi connectivity index (χ2n) is 7.59. The van der Waals surface area contributed by atoms with Gasteiger partial charge in [0.2, 0.25) is 0 Å². The van der Waals surface area contributed by atoms with Crippen LogP contribution < -0.4 is 4.90 Å². The molecule has 1 fully saturated rings. The molecule has 0 bridgehead atoms. The number of hydrogen-bond donors (Lipinski definition) is 1. The van der Waals surface area contributed by atoms with Gasteiger partial charge in [-0.2, -0.15) is 0 Å². The van der Waals surface area contributed by atoms with Crippen LogP contribution in [0.25, 0.3) is 11.5 Å². The molecule has 146 valence electrons. The first-order chi connectivity index (χ1) is 13.6. The number of rotatable bonds is 5. The van der Waals surface area contributed by atoms with Crippen molar-refractivity contribution in [2.24, 2.45) is 12.5 Å². The SMILES string of the molecule is Cn1ccnc1-c1ccc(N2CCC[C@](CO)(Cc3ccccc3F)C2)nn1. The summed E-state index contributed by atoms with van der Waals surface area (Å²) in [6.45, 7) is 1.47. The molecule has 1 saturated heterocycles. The molecule has 0 amide bonds. The fourth-order valence-electron chi connectivity index (χ4n) is 4.00. The molecule has 1 N–H and O–H groups in total. The van der Waals surface area contributed by atoms with Gasteiger partial charge in [0.25, 0.3) is 0 Å². The molecule has 0 radical (unpaired) electrons. The highest BCUT2D eigenvalue weighted by atomic mass is 19.1. The highest BCUT2D eigenvalue weighted by Gasteiger charge is 2.36. The number of imidazole rings is 1. The number of piperidine rings is 1. The van der Waals surface area contributed by atoms with E-state index in [4.69, 9.17) is 0 Å². The van der Waals surface area contributed by atoms with Crippen molar-refractivity contribution < 1.29 is 9.50 Å². The Kier molecular flexibility index (Phi) is 5.09. The molecule has 28 heavy (non-hydrogen) atoms. The lowest BCUT2D eigenvalue weighted by molar-refractivity contribution is 0.104. The second kappa shape index (κ2) is 7.67. The van der Waals surface area contributed by atoms with E-state index in [2.05, 4.69) is 20.1 Å². The van der Waals surface area contributed by atoms with Crippen molar-refractivity contribution >= 4 is 5.82 Å². The van der Waals surface area contributed by atoms with Gasteiger partial charge in [0, 0.05) is 37.9 Å². The van der Waals surface area contributed by atoms with Gasteiger partial charge in [-0.1, -0.05) is 18.2 Å². The summed E-state index contributed by atoms with van der Waals surface area (Å²) in [5.74, 6) is 1.32. The first-order valence-corrected chi connectivity index (χ1v) is 9.51. The van der Waals surface area contributed by atoms with E-state index in [9.17, 15) is 9.50 Å². The van der Waals surface area contributed by atoms with Gasteiger partial charge in [0.15, 0.2) is 11.6 Å². The van der Waals surface area contributed by atoms with Crippen LogP contribution in [0.1, 0.15) is 18.4 Å². The van der Waals surface area contributed by atoms with Crippen molar-refractivity contribution in [3.63, 3.8) is 0 Å². The normalized spacial score (nSPS) is 19.8. The van der Waals surface area contributed by atoms with Crippen molar-refractivity contribution in [2.45, 2.75) is 19.3 Å². The summed E-state index contributed by atoms with van der Waals surface area (Å²) >= 11 is 0. The number of aliphatic hydroxyl groups is 1. The molecule has 3 heterocycles. The van der Waals surface area contributed by atoms with E-state index in [1.165, 1.54) is 6.07 Å². The Labute approximate surface area is 163 Å². The van der Waals surface area contributed by atoms with E-state index < -0.39 is 0 Å². The van der Waals surface area contributed by atoms with Crippen molar-refractivity contribution in [2.75, 3.05) is 24.6 Å². The van der Waals surface area contributed by atoms with Gasteiger partial charge in [-0.05, 0) is 43.0 Å². The largest absolute Gasteiger partial charge is 0.396 e. The maximum Gasteiger partial charge on any atom is 0.160 e. The zero-order valence-electron chi connectivity index (χ0n) is 15.9. The number of benzene rings is 1. The highest BCUT2D eigenvalue weighted by molar-refractivity contribution is 5.52. The molecule has 0 saturated carbocycles. The Hall–Kier alpha value is -2.80. The third kappa shape index (κ3) is 3.62. The van der Waals surface area contributed by atoms with Crippen molar-refractivity contribution in [3.05, 3.63) is 60.2 Å². The molecule has 0 aliphatic carbocycles. The number of aryl methyl sites for hydroxylation is 1. The monoisotopic (exact) mass is 381 g/mol. The van der Waals surface area contributed by atoms with Gasteiger partial charge in [-0.25, -0.2) is 9.37 Å². The quantitative estimate of drug-likeness (QED) is 0.736. The molecule has 4 rings (SSSR count). The lowest BCUT2D eigenvalue weighted by Crippen LogP contribution is -2.47. The van der Waals surface area contributed by atoms with Crippen LogP contribution in [0, 0.1) is 11.2 Å². The van der Waals surface area contributed by atoms with Crippen LogP contribution in [0.4, 0.5) is 10.2 Å². The van der Waals surface area contributed by atoms with Crippen LogP contribution in [-0.2, 0) is 13.5 Å². The minimum atomic E-state index is -0.388. The summed E-state index contributed by atoms with van der Waals surface area (Å²) in [4.78, 5) is 6.43. The Morgan fingerprint density at radius 2 is 2.04 bits per heavy atom. The molecular formula is C21H24FN5O. The Morgan fingerprint density at radius 3 is 2.71 bits per heavy atom. The lowest BCUT2D eigenvalue weighted by Gasteiger charge is -2.42. The molecule has 1 atom stereocenters. The maximum absolute atomic E-state index is 14.2. The predicted octanol–water partition coefficient (Wildman–Crippen LogP) is 2.84. The Balaban J connectivity index is 1.54. The van der Waals surface area contributed by atoms with Crippen molar-refractivity contribution in [3.8, 4) is 11.5 Å². The molecule has 6 nitrogen and oxygen atoms in total. The van der Waals surface area contributed by atoms with E-state index in [1.807, 2.05) is 36.0 Å². The summed E-state index contributed by atoms with van der Waals surface area (Å²) < 4.78 is 16.1. The molecule has 2 aromatic heterocycles. The highest BCUT2D eigenvalue weighted by Crippen LogP contribution is 2.35. The smallest absolute Gasteiger partial charge is 0.160 e. The molecule has 0 unspecified atom stereocenters. The summed E-state index contributed by atoms with van der Waals surface area (Å²) in [5.41, 5.74) is 0.975. The fraction of sp³-hybridized carbons (Fsp3) is 0.381. The lowest BCUT2D eigenvalue weighted by atomic mass is 9.75. The predicted molar refractivity (Wildman–Crippen MR) is 105 cm³/mol. The fourth-order valence-corrected chi connectivity index (χ4v) is 4.00. The molecular weight excluding hydrogens is 357 g/mol. The second-order valence-corrected chi connectivity index (χ2v) is 7.59. The van der Waals surface area contributed by atoms with Crippen LogP contribution in [0.3, 0.4) is 0 Å². The third-order valence-corrected chi connectivity index (χ3v) is 5.54. The first kappa shape index (κ1) is 18.6. The summed E-state index contributed by atoms with van der Waals surface area (Å²) in [5, 5.41) is 18.9. The van der Waals surface area contributed by atoms with Crippen LogP contribution in [0.15, 0.2) is 48.8 Å². The zero-order valence-corrected chi connectivity index (χ0v) is 15.9. The maximum atomic E-state index is 14.2. The number of hydrogen-bond acceptors (Lipinski definition) is 5. The van der Waals surface area contributed by atoms with E-state index in [-0.39, 0.29) is 17.8 Å². The third-order valence-electron chi connectivity index (χ3n) is 5.54. The number of aliphatic hydroxyl groups excluding tert-OH is 1. The van der Waals surface area contributed by atoms with Crippen LogP contribution in [0.2, 0.25) is 0 Å². The minimum absolute atomic E-state index is 0.0105. The van der Waals surface area contributed by atoms with Crippen LogP contribution in [-0.4, -0.2) is 44.6 Å². The standard InChI is InChI=1S/C21H24FN5O/c1-26-12-10-23-20(26)18-7-8-19(25-24-18)27-11-4-9-21(14-27,15-28)13-16-5-2-3-6-17(16)22/h2-3,5-8,10,12,28H,4,9,11,13-15H2,1H3/t21-/m0/s1. The molecule has 1 aliphatic rings. The Bertz CT molecular complexity index is 942. The molecule has 0 spiro atoms. The van der Waals surface area contributed by atoms with Gasteiger partial charge >= 0.3 is 0 Å². The number of halogens is 1. The summed E-state index contributed by atoms with van der Waals surface area (Å²) in [6, 6.07) is 10.7. The molecule has 1 aromatic carbocycles. The zero-order chi connectivity index (χ0) is 19.6. The molecule has 1 aliphatic heterocycles. The summed E-state index contributed by atoms with van der Waals surface area (Å²) in [7, 11) is 1.92. The van der Waals surface area contributed by atoms with Gasteiger partial charge in [-0.3, -0.25) is 0 Å². The van der Waals surface area contributed by atoms with Crippen molar-refractivity contribution in [1.82, 2.24) is 19.7 Å². The van der Waals surface area contributed by atoms with E-state index >= 15 is 0 Å². The average Bonchev–Trinajstić information content (AvgIpc) is 3.16. The summed E-state index contributed by atoms with van der Waals surface area (Å²) in [6.07, 6.45) is 5.87. The van der Waals surface area contributed by atoms with Gasteiger partial charge < -0.3 is 14.6 Å². The number of nitrogens with zero attached hydrogens (tertiary/aromatic N) is 5. The van der Waals surface area contributed by atoms with Gasteiger partial charge in [0.05, 0.1) is 6.61 Å². The molecule has 7 heteroatoms. The van der Waals surface area contributed by atoms with Crippen molar-refractivity contribution in [1.29, 1.82) is 0 Å². The first-order valence-electron chi connectivity index (χ1n) is 9.51. The van der Waals surface area contributed by atoms with E-state index in [0.717, 1.165) is 31.0 Å². The van der Waals surface area contributed by atoms with Gasteiger partial charge in [0.1, 0.15) is 11.5 Å². The minimum Gasteiger partial charge on any atom is -0.396 e. The van der Waals surface area contributed by atoms with E-state index in [1.54, 1.807) is 18.3 Å². The van der Waals surface area contributed by atoms with Crippen LogP contribution >= 0.6 is 0 Å². The molecule has 3 aromatic rings. The average molecular weight is 381 g/mol. The van der Waals surface area contributed by atoms with Crippen LogP contribution in [0.5, 0.6) is 0 Å². The van der Waals surface area contributed by atoms with E-state index in [0.29, 0.717) is 24.2 Å². The topological polar surface area (TPSA) is 67.1 Å². The number of anilines is 1. The van der Waals surface area contributed by atoms with Gasteiger partial charge in [-0.15, -0.1) is 10.2 Å². The number of aromatic nitrogens is 4. The Morgan fingerprint density at radius 1 is 1.18 bits per heavy atom.